The van der Waals surface area contributed by atoms with Gasteiger partial charge in [-0.25, -0.2) is 4.39 Å². The van der Waals surface area contributed by atoms with Crippen LogP contribution >= 0.6 is 0 Å². The van der Waals surface area contributed by atoms with Gasteiger partial charge in [0.1, 0.15) is 11.6 Å². The number of hydrogen-bond donors (Lipinski definition) is 0. The Labute approximate surface area is 191 Å². The first-order chi connectivity index (χ1) is 15.7. The number of piperidine rings is 1. The van der Waals surface area contributed by atoms with Gasteiger partial charge in [-0.15, -0.1) is 0 Å². The zero-order valence-corrected chi connectivity index (χ0v) is 19.1. The normalized spacial score (nSPS) is 18.4. The average Bonchev–Trinajstić information content (AvgIpc) is 2.86. The predicted molar refractivity (Wildman–Crippen MR) is 127 cm³/mol. The molecule has 2 aromatic carbocycles. The highest BCUT2D eigenvalue weighted by Gasteiger charge is 2.28. The van der Waals surface area contributed by atoms with Crippen molar-refractivity contribution in [1.82, 2.24) is 4.90 Å². The summed E-state index contributed by atoms with van der Waals surface area (Å²) in [6, 6.07) is 14.7. The minimum Gasteiger partial charge on any atom is -0.496 e. The fourth-order valence-corrected chi connectivity index (χ4v) is 5.27. The van der Waals surface area contributed by atoms with E-state index in [1.165, 1.54) is 24.1 Å². The molecule has 0 aromatic heterocycles. The van der Waals surface area contributed by atoms with E-state index < -0.39 is 0 Å². The molecule has 2 fully saturated rings. The van der Waals surface area contributed by atoms with E-state index in [0.29, 0.717) is 12.5 Å². The largest absolute Gasteiger partial charge is 0.496 e. The number of methoxy groups -OCH3 is 1. The summed E-state index contributed by atoms with van der Waals surface area (Å²) < 4.78 is 19.1. The van der Waals surface area contributed by atoms with Gasteiger partial charge in [-0.1, -0.05) is 37.5 Å². The monoisotopic (exact) mass is 438 g/mol. The third kappa shape index (κ3) is 5.50. The molecule has 2 aromatic rings. The van der Waals surface area contributed by atoms with Gasteiger partial charge in [0.2, 0.25) is 5.91 Å². The molecule has 2 aliphatic rings. The predicted octanol–water partition coefficient (Wildman–Crippen LogP) is 5.63. The summed E-state index contributed by atoms with van der Waals surface area (Å²) >= 11 is 0. The van der Waals surface area contributed by atoms with Gasteiger partial charge in [-0.05, 0) is 80.6 Å². The molecule has 1 aliphatic carbocycles. The van der Waals surface area contributed by atoms with E-state index in [1.807, 2.05) is 17.0 Å². The number of para-hydroxylation sites is 1. The first-order valence-electron chi connectivity index (χ1n) is 12.1. The maximum atomic E-state index is 13.5. The van der Waals surface area contributed by atoms with E-state index >= 15 is 0 Å². The first-order valence-corrected chi connectivity index (χ1v) is 12.1. The molecular weight excluding hydrogens is 403 g/mol. The van der Waals surface area contributed by atoms with Gasteiger partial charge in [0.05, 0.1) is 7.11 Å². The fourth-order valence-electron chi connectivity index (χ4n) is 5.27. The second kappa shape index (κ2) is 11.0. The van der Waals surface area contributed by atoms with E-state index in [0.717, 1.165) is 69.6 Å². The van der Waals surface area contributed by atoms with Crippen molar-refractivity contribution < 1.29 is 13.9 Å². The lowest BCUT2D eigenvalue weighted by molar-refractivity contribution is -0.123. The second-order valence-corrected chi connectivity index (χ2v) is 9.16. The topological polar surface area (TPSA) is 32.8 Å². The Morgan fingerprint density at radius 1 is 1.00 bits per heavy atom. The van der Waals surface area contributed by atoms with Crippen molar-refractivity contribution in [2.45, 2.75) is 50.9 Å². The highest BCUT2D eigenvalue weighted by atomic mass is 19.1. The highest BCUT2D eigenvalue weighted by Crippen LogP contribution is 2.34. The fraction of sp³-hybridized carbons (Fsp3) is 0.519. The molecule has 1 saturated heterocycles. The summed E-state index contributed by atoms with van der Waals surface area (Å²) in [5.41, 5.74) is 2.11. The van der Waals surface area contributed by atoms with Gasteiger partial charge in [0.15, 0.2) is 0 Å². The molecule has 0 N–H and O–H groups in total. The summed E-state index contributed by atoms with van der Waals surface area (Å²) in [4.78, 5) is 17.7. The maximum absolute atomic E-state index is 13.5. The van der Waals surface area contributed by atoms with Crippen LogP contribution in [0.4, 0.5) is 10.1 Å². The van der Waals surface area contributed by atoms with Gasteiger partial charge in [-0.2, -0.15) is 0 Å². The molecule has 1 aliphatic heterocycles. The van der Waals surface area contributed by atoms with E-state index in [1.54, 1.807) is 19.2 Å². The molecule has 0 atom stereocenters. The van der Waals surface area contributed by atoms with Crippen LogP contribution in [0.15, 0.2) is 48.5 Å². The number of likely N-dealkylation sites (tertiary alicyclic amines) is 1. The molecule has 172 valence electrons. The third-order valence-corrected chi connectivity index (χ3v) is 7.16. The molecule has 0 spiro atoms. The number of amides is 1. The molecule has 1 amide bonds. The minimum atomic E-state index is -0.266. The van der Waals surface area contributed by atoms with Crippen molar-refractivity contribution in [2.24, 2.45) is 5.92 Å². The number of nitrogens with zero attached hydrogens (tertiary/aromatic N) is 2. The van der Waals surface area contributed by atoms with E-state index in [2.05, 4.69) is 17.0 Å². The van der Waals surface area contributed by atoms with Crippen molar-refractivity contribution in [1.29, 1.82) is 0 Å². The number of rotatable bonds is 7. The molecule has 4 nitrogen and oxygen atoms in total. The van der Waals surface area contributed by atoms with Crippen molar-refractivity contribution in [2.75, 3.05) is 38.2 Å². The maximum Gasteiger partial charge on any atom is 0.230 e. The zero-order chi connectivity index (χ0) is 22.3. The Morgan fingerprint density at radius 3 is 2.38 bits per heavy atom. The van der Waals surface area contributed by atoms with Crippen molar-refractivity contribution >= 4 is 11.6 Å². The molecule has 0 radical (unpaired) electrons. The SMILES string of the molecule is COc1ccccc1C1CCN(CCN(C(=O)C2CCCCC2)c2ccc(F)cc2)CC1. The molecular formula is C27H35FN2O2. The summed E-state index contributed by atoms with van der Waals surface area (Å²) in [6.07, 6.45) is 7.61. The van der Waals surface area contributed by atoms with Gasteiger partial charge in [0.25, 0.3) is 0 Å². The number of benzene rings is 2. The average molecular weight is 439 g/mol. The van der Waals surface area contributed by atoms with Gasteiger partial charge in [0, 0.05) is 24.7 Å². The van der Waals surface area contributed by atoms with Gasteiger partial charge in [-0.3, -0.25) is 4.79 Å². The Morgan fingerprint density at radius 2 is 1.69 bits per heavy atom. The number of halogens is 1. The van der Waals surface area contributed by atoms with Crippen LogP contribution in [0.1, 0.15) is 56.4 Å². The lowest BCUT2D eigenvalue weighted by Crippen LogP contribution is -2.44. The van der Waals surface area contributed by atoms with Crippen LogP contribution in [0, 0.1) is 11.7 Å². The van der Waals surface area contributed by atoms with Crippen LogP contribution in [0.25, 0.3) is 0 Å². The molecule has 0 bridgehead atoms. The number of hydrogen-bond acceptors (Lipinski definition) is 3. The van der Waals surface area contributed by atoms with E-state index in [4.69, 9.17) is 4.74 Å². The summed E-state index contributed by atoms with van der Waals surface area (Å²) in [5, 5.41) is 0. The lowest BCUT2D eigenvalue weighted by atomic mass is 9.88. The number of ether oxygens (including phenoxy) is 1. The van der Waals surface area contributed by atoms with Crippen molar-refractivity contribution in [3.8, 4) is 5.75 Å². The van der Waals surface area contributed by atoms with Crippen LogP contribution in [0.2, 0.25) is 0 Å². The summed E-state index contributed by atoms with van der Waals surface area (Å²) in [6.45, 7) is 3.52. The Balaban J connectivity index is 1.38. The highest BCUT2D eigenvalue weighted by molar-refractivity contribution is 5.95. The van der Waals surface area contributed by atoms with Crippen LogP contribution < -0.4 is 9.64 Å². The summed E-state index contributed by atoms with van der Waals surface area (Å²) in [5.74, 6) is 1.54. The molecule has 5 heteroatoms. The third-order valence-electron chi connectivity index (χ3n) is 7.16. The number of carbonyl (C=O) groups excluding carboxylic acids is 1. The lowest BCUT2D eigenvalue weighted by Gasteiger charge is -2.35. The Kier molecular flexibility index (Phi) is 7.80. The number of carbonyl (C=O) groups is 1. The Hall–Kier alpha value is -2.40. The zero-order valence-electron chi connectivity index (χ0n) is 19.1. The van der Waals surface area contributed by atoms with Crippen molar-refractivity contribution in [3.05, 3.63) is 59.9 Å². The van der Waals surface area contributed by atoms with Crippen LogP contribution in [0.5, 0.6) is 5.75 Å². The van der Waals surface area contributed by atoms with Crippen LogP contribution in [-0.4, -0.2) is 44.1 Å². The van der Waals surface area contributed by atoms with Gasteiger partial charge < -0.3 is 14.5 Å². The minimum absolute atomic E-state index is 0.102. The molecule has 0 unspecified atom stereocenters. The molecule has 1 heterocycles. The standard InChI is InChI=1S/C27H35FN2O2/c1-32-26-10-6-5-9-25(26)21-15-17-29(18-16-21)19-20-30(24-13-11-23(28)12-14-24)27(31)22-7-3-2-4-8-22/h5-6,9-14,21-22H,2-4,7-8,15-20H2,1H3. The quantitative estimate of drug-likeness (QED) is 0.562. The van der Waals surface area contributed by atoms with Gasteiger partial charge >= 0.3 is 0 Å². The van der Waals surface area contributed by atoms with E-state index in [-0.39, 0.29) is 17.6 Å². The first kappa shape index (κ1) is 22.8. The Bertz CT molecular complexity index is 871. The smallest absolute Gasteiger partial charge is 0.230 e. The number of anilines is 1. The molecule has 32 heavy (non-hydrogen) atoms. The second-order valence-electron chi connectivity index (χ2n) is 9.16. The molecule has 1 saturated carbocycles. The molecule has 4 rings (SSSR count). The summed E-state index contributed by atoms with van der Waals surface area (Å²) in [7, 11) is 1.74. The van der Waals surface area contributed by atoms with Crippen molar-refractivity contribution in [3.63, 3.8) is 0 Å². The van der Waals surface area contributed by atoms with Crippen LogP contribution in [0.3, 0.4) is 0 Å². The van der Waals surface area contributed by atoms with Crippen LogP contribution in [-0.2, 0) is 4.79 Å². The van der Waals surface area contributed by atoms with E-state index in [9.17, 15) is 9.18 Å².